The zero-order chi connectivity index (χ0) is 14.3. The van der Waals surface area contributed by atoms with Gasteiger partial charge < -0.3 is 10.6 Å². The highest BCUT2D eigenvalue weighted by Gasteiger charge is 2.38. The molecule has 3 heteroatoms. The van der Waals surface area contributed by atoms with Crippen LogP contribution in [0.3, 0.4) is 0 Å². The van der Waals surface area contributed by atoms with Crippen LogP contribution in [0.2, 0.25) is 0 Å². The smallest absolute Gasteiger partial charge is 0.192 e. The molecule has 0 saturated carbocycles. The Kier molecular flexibility index (Phi) is 3.33. The lowest BCUT2D eigenvalue weighted by Crippen LogP contribution is -2.47. The molecule has 2 N–H and O–H groups in total. The van der Waals surface area contributed by atoms with E-state index in [1.165, 1.54) is 11.1 Å². The Hall–Kier alpha value is -1.51. The fraction of sp³-hybridized carbons (Fsp3) is 0.562. The first kappa shape index (κ1) is 13.9. The first-order chi connectivity index (χ1) is 8.79. The standard InChI is InChI=1S/C16H25N3/c1-6-19-14(17)18-11-16(19,5)13-9-7-12(8-10-13)15(2,3)4/h7-10H,6,11H2,1-5H3,(H2,17,18). The third kappa shape index (κ3) is 2.34. The van der Waals surface area contributed by atoms with Crippen LogP contribution in [0, 0.1) is 0 Å². The number of benzene rings is 1. The van der Waals surface area contributed by atoms with E-state index >= 15 is 0 Å². The third-order valence-corrected chi connectivity index (χ3v) is 4.11. The van der Waals surface area contributed by atoms with Gasteiger partial charge >= 0.3 is 0 Å². The molecule has 0 aromatic heterocycles. The van der Waals surface area contributed by atoms with Crippen molar-refractivity contribution >= 4 is 5.96 Å². The zero-order valence-corrected chi connectivity index (χ0v) is 12.7. The van der Waals surface area contributed by atoms with E-state index in [0.29, 0.717) is 5.96 Å². The van der Waals surface area contributed by atoms with E-state index in [1.807, 2.05) is 0 Å². The topological polar surface area (TPSA) is 41.6 Å². The van der Waals surface area contributed by atoms with Crippen molar-refractivity contribution in [2.75, 3.05) is 13.1 Å². The molecule has 0 radical (unpaired) electrons. The molecule has 0 saturated heterocycles. The highest BCUT2D eigenvalue weighted by molar-refractivity contribution is 5.81. The lowest BCUT2D eigenvalue weighted by molar-refractivity contribution is 0.235. The summed E-state index contributed by atoms with van der Waals surface area (Å²) in [5, 5.41) is 0. The minimum Gasteiger partial charge on any atom is -0.370 e. The number of guanidine groups is 1. The van der Waals surface area contributed by atoms with Crippen molar-refractivity contribution in [3.63, 3.8) is 0 Å². The summed E-state index contributed by atoms with van der Waals surface area (Å²) in [5.74, 6) is 0.657. The summed E-state index contributed by atoms with van der Waals surface area (Å²) >= 11 is 0. The fourth-order valence-corrected chi connectivity index (χ4v) is 2.75. The second-order valence-corrected chi connectivity index (χ2v) is 6.52. The van der Waals surface area contributed by atoms with E-state index in [-0.39, 0.29) is 11.0 Å². The Labute approximate surface area is 116 Å². The highest BCUT2D eigenvalue weighted by atomic mass is 15.3. The molecule has 1 unspecified atom stereocenters. The predicted octanol–water partition coefficient (Wildman–Crippen LogP) is 2.85. The van der Waals surface area contributed by atoms with E-state index in [1.54, 1.807) is 0 Å². The monoisotopic (exact) mass is 259 g/mol. The molecule has 0 spiro atoms. The van der Waals surface area contributed by atoms with Crippen molar-refractivity contribution in [3.8, 4) is 0 Å². The van der Waals surface area contributed by atoms with Gasteiger partial charge in [0.25, 0.3) is 0 Å². The SMILES string of the molecule is CCN1C(N)=NCC1(C)c1ccc(C(C)(C)C)cc1. The number of rotatable bonds is 2. The van der Waals surface area contributed by atoms with Gasteiger partial charge in [-0.15, -0.1) is 0 Å². The molecule has 19 heavy (non-hydrogen) atoms. The van der Waals surface area contributed by atoms with Gasteiger partial charge in [0, 0.05) is 6.54 Å². The van der Waals surface area contributed by atoms with Crippen molar-refractivity contribution in [1.82, 2.24) is 4.90 Å². The van der Waals surface area contributed by atoms with Gasteiger partial charge in [-0.1, -0.05) is 45.0 Å². The molecule has 1 heterocycles. The highest BCUT2D eigenvalue weighted by Crippen LogP contribution is 2.33. The van der Waals surface area contributed by atoms with Gasteiger partial charge in [-0.05, 0) is 30.4 Å². The minimum atomic E-state index is -0.102. The molecule has 0 fully saturated rings. The predicted molar refractivity (Wildman–Crippen MR) is 81.4 cm³/mol. The van der Waals surface area contributed by atoms with Crippen LogP contribution in [-0.2, 0) is 11.0 Å². The molecular formula is C16H25N3. The van der Waals surface area contributed by atoms with Gasteiger partial charge in [-0.3, -0.25) is 4.99 Å². The molecule has 2 rings (SSSR count). The van der Waals surface area contributed by atoms with E-state index < -0.39 is 0 Å². The van der Waals surface area contributed by atoms with Gasteiger partial charge in [0.15, 0.2) is 5.96 Å². The molecule has 1 aliphatic rings. The van der Waals surface area contributed by atoms with Crippen molar-refractivity contribution in [3.05, 3.63) is 35.4 Å². The summed E-state index contributed by atoms with van der Waals surface area (Å²) in [6.45, 7) is 12.7. The van der Waals surface area contributed by atoms with E-state index in [2.05, 4.69) is 68.8 Å². The van der Waals surface area contributed by atoms with Crippen LogP contribution in [0.5, 0.6) is 0 Å². The van der Waals surface area contributed by atoms with Crippen molar-refractivity contribution in [2.45, 2.75) is 45.6 Å². The molecule has 0 bridgehead atoms. The average Bonchev–Trinajstić information content (AvgIpc) is 2.65. The first-order valence-corrected chi connectivity index (χ1v) is 6.97. The van der Waals surface area contributed by atoms with Gasteiger partial charge in [-0.2, -0.15) is 0 Å². The lowest BCUT2D eigenvalue weighted by atomic mass is 9.84. The molecule has 104 valence electrons. The number of likely N-dealkylation sites (N-methyl/N-ethyl adjacent to an activating group) is 1. The molecular weight excluding hydrogens is 234 g/mol. The van der Waals surface area contributed by atoms with Gasteiger partial charge in [-0.25, -0.2) is 0 Å². The largest absolute Gasteiger partial charge is 0.370 e. The zero-order valence-electron chi connectivity index (χ0n) is 12.7. The summed E-state index contributed by atoms with van der Waals surface area (Å²) in [4.78, 5) is 6.59. The second-order valence-electron chi connectivity index (χ2n) is 6.52. The van der Waals surface area contributed by atoms with Crippen molar-refractivity contribution < 1.29 is 0 Å². The maximum Gasteiger partial charge on any atom is 0.192 e. The van der Waals surface area contributed by atoms with Gasteiger partial charge in [0.05, 0.1) is 12.1 Å². The summed E-state index contributed by atoms with van der Waals surface area (Å²) in [5.41, 5.74) is 8.71. The van der Waals surface area contributed by atoms with Gasteiger partial charge in [0.1, 0.15) is 0 Å². The van der Waals surface area contributed by atoms with Crippen LogP contribution < -0.4 is 5.73 Å². The maximum atomic E-state index is 5.98. The fourth-order valence-electron chi connectivity index (χ4n) is 2.75. The lowest BCUT2D eigenvalue weighted by Gasteiger charge is -2.36. The molecule has 1 atom stereocenters. The number of nitrogens with zero attached hydrogens (tertiary/aromatic N) is 2. The number of nitrogens with two attached hydrogens (primary N) is 1. The molecule has 3 nitrogen and oxygen atoms in total. The third-order valence-electron chi connectivity index (χ3n) is 4.11. The summed E-state index contributed by atoms with van der Waals surface area (Å²) < 4.78 is 0. The summed E-state index contributed by atoms with van der Waals surface area (Å²) in [7, 11) is 0. The van der Waals surface area contributed by atoms with Crippen LogP contribution in [0.25, 0.3) is 0 Å². The van der Waals surface area contributed by atoms with E-state index in [0.717, 1.165) is 13.1 Å². The molecule has 1 aromatic rings. The second kappa shape index (κ2) is 4.55. The number of hydrogen-bond donors (Lipinski definition) is 1. The van der Waals surface area contributed by atoms with Crippen LogP contribution >= 0.6 is 0 Å². The Morgan fingerprint density at radius 3 is 2.32 bits per heavy atom. The van der Waals surface area contributed by atoms with Crippen molar-refractivity contribution in [2.24, 2.45) is 10.7 Å². The van der Waals surface area contributed by atoms with Crippen LogP contribution in [0.15, 0.2) is 29.3 Å². The van der Waals surface area contributed by atoms with E-state index in [4.69, 9.17) is 5.73 Å². The summed E-state index contributed by atoms with van der Waals surface area (Å²) in [6, 6.07) is 8.89. The van der Waals surface area contributed by atoms with Crippen LogP contribution in [0.4, 0.5) is 0 Å². The normalized spacial score (nSPS) is 23.6. The Morgan fingerprint density at radius 1 is 1.26 bits per heavy atom. The number of hydrogen-bond acceptors (Lipinski definition) is 3. The molecule has 1 aliphatic heterocycles. The molecule has 1 aromatic carbocycles. The Balaban J connectivity index is 2.33. The number of aliphatic imine (C=N–C) groups is 1. The maximum absolute atomic E-state index is 5.98. The minimum absolute atomic E-state index is 0.102. The van der Waals surface area contributed by atoms with E-state index in [9.17, 15) is 0 Å². The summed E-state index contributed by atoms with van der Waals surface area (Å²) in [6.07, 6.45) is 0. The molecule has 0 aliphatic carbocycles. The van der Waals surface area contributed by atoms with Gasteiger partial charge in [0.2, 0.25) is 0 Å². The Bertz CT molecular complexity index is 482. The van der Waals surface area contributed by atoms with Crippen LogP contribution in [-0.4, -0.2) is 23.9 Å². The average molecular weight is 259 g/mol. The quantitative estimate of drug-likeness (QED) is 0.887. The van der Waals surface area contributed by atoms with Crippen LogP contribution in [0.1, 0.15) is 45.7 Å². The Morgan fingerprint density at radius 2 is 1.84 bits per heavy atom. The molecule has 0 amide bonds. The van der Waals surface area contributed by atoms with Crippen molar-refractivity contribution in [1.29, 1.82) is 0 Å². The first-order valence-electron chi connectivity index (χ1n) is 6.97.